The highest BCUT2D eigenvalue weighted by Gasteiger charge is 2.11. The Hall–Kier alpha value is -1.27. The number of nitrogens with zero attached hydrogens (tertiary/aromatic N) is 3. The van der Waals surface area contributed by atoms with Crippen LogP contribution in [0.15, 0.2) is 29.7 Å². The van der Waals surface area contributed by atoms with Gasteiger partial charge >= 0.3 is 0 Å². The summed E-state index contributed by atoms with van der Waals surface area (Å²) in [7, 11) is -1.22. The van der Waals surface area contributed by atoms with E-state index in [1.807, 2.05) is 0 Å². The van der Waals surface area contributed by atoms with Crippen LogP contribution in [0.25, 0.3) is 0 Å². The summed E-state index contributed by atoms with van der Waals surface area (Å²) in [5.74, 6) is -0.338. The fourth-order valence-corrected chi connectivity index (χ4v) is 2.51. The maximum atomic E-state index is 13.6. The van der Waals surface area contributed by atoms with Crippen LogP contribution in [0.5, 0.6) is 0 Å². The maximum absolute atomic E-state index is 13.6. The van der Waals surface area contributed by atoms with E-state index in [0.717, 1.165) is 0 Å². The van der Waals surface area contributed by atoms with E-state index in [1.54, 1.807) is 16.7 Å². The molecule has 0 spiro atoms. The van der Waals surface area contributed by atoms with E-state index in [4.69, 9.17) is 11.6 Å². The van der Waals surface area contributed by atoms with Gasteiger partial charge in [-0.2, -0.15) is 0 Å². The van der Waals surface area contributed by atoms with E-state index >= 15 is 0 Å². The number of hydrogen-bond acceptors (Lipinski definition) is 3. The second kappa shape index (κ2) is 5.58. The zero-order valence-corrected chi connectivity index (χ0v) is 11.2. The van der Waals surface area contributed by atoms with Crippen molar-refractivity contribution in [1.29, 1.82) is 0 Å². The summed E-state index contributed by atoms with van der Waals surface area (Å²) < 4.78 is 26.6. The third-order valence-corrected chi connectivity index (χ3v) is 3.69. The fraction of sp³-hybridized carbons (Fsp3) is 0.273. The fourth-order valence-electron chi connectivity index (χ4n) is 1.62. The Labute approximate surface area is 111 Å². The summed E-state index contributed by atoms with van der Waals surface area (Å²) in [5.41, 5.74) is 0.445. The second-order valence-corrected chi connectivity index (χ2v) is 5.39. The van der Waals surface area contributed by atoms with Crippen LogP contribution in [0.3, 0.4) is 0 Å². The van der Waals surface area contributed by atoms with Gasteiger partial charge in [-0.25, -0.2) is 4.39 Å². The minimum Gasteiger partial charge on any atom is -0.306 e. The summed E-state index contributed by atoms with van der Waals surface area (Å²) in [5, 5.41) is 8.22. The van der Waals surface area contributed by atoms with Gasteiger partial charge in [0.1, 0.15) is 12.1 Å². The second-order valence-electron chi connectivity index (χ2n) is 3.71. The van der Waals surface area contributed by atoms with Gasteiger partial charge in [-0.3, -0.25) is 4.21 Å². The molecule has 96 valence electrons. The molecule has 0 radical (unpaired) electrons. The minimum absolute atomic E-state index is 0.338. The molecule has 0 N–H and O–H groups in total. The van der Waals surface area contributed by atoms with Gasteiger partial charge in [-0.15, -0.1) is 10.2 Å². The summed E-state index contributed by atoms with van der Waals surface area (Å²) in [4.78, 5) is 0. The molecule has 0 aliphatic carbocycles. The number of halogens is 2. The number of aryl methyl sites for hydroxylation is 1. The molecule has 1 aromatic carbocycles. The van der Waals surface area contributed by atoms with Gasteiger partial charge in [0, 0.05) is 23.4 Å². The van der Waals surface area contributed by atoms with Gasteiger partial charge in [0.2, 0.25) is 5.16 Å². The first-order valence-corrected chi connectivity index (χ1v) is 7.17. The highest BCUT2D eigenvalue weighted by molar-refractivity contribution is 7.84. The lowest BCUT2D eigenvalue weighted by atomic mass is 10.1. The van der Waals surface area contributed by atoms with Crippen LogP contribution in [0, 0.1) is 5.82 Å². The smallest absolute Gasteiger partial charge is 0.221 e. The Morgan fingerprint density at radius 1 is 1.50 bits per heavy atom. The molecule has 0 saturated heterocycles. The van der Waals surface area contributed by atoms with Crippen LogP contribution in [-0.4, -0.2) is 25.2 Å². The quantitative estimate of drug-likeness (QED) is 0.865. The van der Waals surface area contributed by atoms with Gasteiger partial charge in [0.25, 0.3) is 0 Å². The molecule has 1 heterocycles. The zero-order valence-electron chi connectivity index (χ0n) is 9.64. The molecular weight excluding hydrogens is 277 g/mol. The van der Waals surface area contributed by atoms with Crippen molar-refractivity contribution < 1.29 is 8.60 Å². The number of rotatable bonds is 4. The van der Waals surface area contributed by atoms with Crippen molar-refractivity contribution in [3.8, 4) is 0 Å². The Morgan fingerprint density at radius 3 is 2.94 bits per heavy atom. The first-order chi connectivity index (χ1) is 8.59. The molecule has 0 saturated carbocycles. The molecule has 1 unspecified atom stereocenters. The van der Waals surface area contributed by atoms with Gasteiger partial charge in [-0.1, -0.05) is 17.7 Å². The molecule has 2 rings (SSSR count). The third kappa shape index (κ3) is 2.76. The van der Waals surface area contributed by atoms with Crippen LogP contribution in [0.1, 0.15) is 5.56 Å². The van der Waals surface area contributed by atoms with Gasteiger partial charge in [0.05, 0.1) is 10.8 Å². The molecule has 0 fully saturated rings. The van der Waals surface area contributed by atoms with Crippen molar-refractivity contribution in [2.24, 2.45) is 0 Å². The van der Waals surface area contributed by atoms with Crippen molar-refractivity contribution in [2.45, 2.75) is 18.1 Å². The Kier molecular flexibility index (Phi) is 4.08. The van der Waals surface area contributed by atoms with Crippen LogP contribution in [0.4, 0.5) is 4.39 Å². The van der Waals surface area contributed by atoms with Crippen LogP contribution < -0.4 is 0 Å². The van der Waals surface area contributed by atoms with Crippen LogP contribution in [-0.2, 0) is 23.8 Å². The molecule has 4 nitrogen and oxygen atoms in total. The van der Waals surface area contributed by atoms with Crippen LogP contribution >= 0.6 is 11.6 Å². The standard InChI is InChI=1S/C11H11ClFN3OS/c1-18(17)11-15-14-7-16(11)6-5-8-9(12)3-2-4-10(8)13/h2-4,7H,5-6H2,1H3. The van der Waals surface area contributed by atoms with Crippen molar-refractivity contribution >= 4 is 22.4 Å². The third-order valence-electron chi connectivity index (χ3n) is 2.50. The van der Waals surface area contributed by atoms with E-state index in [-0.39, 0.29) is 5.82 Å². The van der Waals surface area contributed by atoms with Gasteiger partial charge in [0.15, 0.2) is 0 Å². The summed E-state index contributed by atoms with van der Waals surface area (Å²) in [6.07, 6.45) is 3.40. The molecular formula is C11H11ClFN3OS. The van der Waals surface area contributed by atoms with E-state index in [2.05, 4.69) is 10.2 Å². The van der Waals surface area contributed by atoms with E-state index in [0.29, 0.717) is 28.7 Å². The molecule has 18 heavy (non-hydrogen) atoms. The number of aromatic nitrogens is 3. The molecule has 0 aliphatic heterocycles. The molecule has 0 amide bonds. The molecule has 0 aliphatic rings. The van der Waals surface area contributed by atoms with Crippen molar-refractivity contribution in [3.63, 3.8) is 0 Å². The van der Waals surface area contributed by atoms with Crippen molar-refractivity contribution in [2.75, 3.05) is 6.26 Å². The summed E-state index contributed by atoms with van der Waals surface area (Å²) in [6.45, 7) is 0.433. The van der Waals surface area contributed by atoms with E-state index < -0.39 is 10.8 Å². The molecule has 1 aromatic heterocycles. The monoisotopic (exact) mass is 287 g/mol. The molecule has 0 bridgehead atoms. The normalized spacial score (nSPS) is 12.6. The predicted octanol–water partition coefficient (Wildman–Crippen LogP) is 2.05. The number of hydrogen-bond donors (Lipinski definition) is 0. The summed E-state index contributed by atoms with van der Waals surface area (Å²) in [6, 6.07) is 4.57. The predicted molar refractivity (Wildman–Crippen MR) is 67.5 cm³/mol. The Bertz CT molecular complexity index is 567. The lowest BCUT2D eigenvalue weighted by Gasteiger charge is -2.07. The first-order valence-electron chi connectivity index (χ1n) is 5.23. The summed E-state index contributed by atoms with van der Waals surface area (Å²) >= 11 is 5.93. The van der Waals surface area contributed by atoms with Crippen LogP contribution in [0.2, 0.25) is 5.02 Å². The zero-order chi connectivity index (χ0) is 13.1. The lowest BCUT2D eigenvalue weighted by molar-refractivity contribution is 0.575. The Balaban J connectivity index is 2.17. The SMILES string of the molecule is CS(=O)c1nncn1CCc1c(F)cccc1Cl. The molecule has 2 aromatic rings. The molecule has 1 atom stereocenters. The van der Waals surface area contributed by atoms with E-state index in [1.165, 1.54) is 18.6 Å². The van der Waals surface area contributed by atoms with Gasteiger partial charge in [-0.05, 0) is 18.6 Å². The largest absolute Gasteiger partial charge is 0.306 e. The van der Waals surface area contributed by atoms with Gasteiger partial charge < -0.3 is 4.57 Å². The topological polar surface area (TPSA) is 47.8 Å². The van der Waals surface area contributed by atoms with Crippen molar-refractivity contribution in [3.05, 3.63) is 40.9 Å². The maximum Gasteiger partial charge on any atom is 0.221 e. The van der Waals surface area contributed by atoms with Crippen molar-refractivity contribution in [1.82, 2.24) is 14.8 Å². The average Bonchev–Trinajstić information content (AvgIpc) is 2.76. The highest BCUT2D eigenvalue weighted by atomic mass is 35.5. The average molecular weight is 288 g/mol. The number of benzene rings is 1. The first kappa shape index (κ1) is 13.2. The Morgan fingerprint density at radius 2 is 2.28 bits per heavy atom. The van der Waals surface area contributed by atoms with E-state index in [9.17, 15) is 8.60 Å². The minimum atomic E-state index is -1.22. The highest BCUT2D eigenvalue weighted by Crippen LogP contribution is 2.20. The lowest BCUT2D eigenvalue weighted by Crippen LogP contribution is -2.07. The molecule has 7 heteroatoms.